The SMILES string of the molecule is CC(C)(C)CC(=O)N1CCN(C[C@@H]2CCC(c3ccc(Cl)cc3Cl)N(c3ccc(Cl)cc3)C2)CC1. The largest absolute Gasteiger partial charge is 0.364 e. The fourth-order valence-corrected chi connectivity index (χ4v) is 5.98. The van der Waals surface area contributed by atoms with Gasteiger partial charge in [0.15, 0.2) is 0 Å². The van der Waals surface area contributed by atoms with E-state index >= 15 is 0 Å². The Morgan fingerprint density at radius 2 is 1.57 bits per heavy atom. The van der Waals surface area contributed by atoms with Crippen molar-refractivity contribution >= 4 is 46.4 Å². The number of carbonyl (C=O) groups excluding carboxylic acids is 1. The monoisotopic (exact) mass is 535 g/mol. The van der Waals surface area contributed by atoms with Gasteiger partial charge in [-0.2, -0.15) is 0 Å². The van der Waals surface area contributed by atoms with E-state index in [9.17, 15) is 4.79 Å². The molecule has 2 aromatic rings. The van der Waals surface area contributed by atoms with Gasteiger partial charge in [0, 0.05) is 66.4 Å². The summed E-state index contributed by atoms with van der Waals surface area (Å²) < 4.78 is 0. The number of carbonyl (C=O) groups is 1. The van der Waals surface area contributed by atoms with Crippen LogP contribution in [-0.4, -0.2) is 55.0 Å². The average Bonchev–Trinajstić information content (AvgIpc) is 2.79. The third-order valence-electron chi connectivity index (χ3n) is 7.08. The van der Waals surface area contributed by atoms with Gasteiger partial charge in [0.1, 0.15) is 0 Å². The van der Waals surface area contributed by atoms with Crippen molar-refractivity contribution in [1.29, 1.82) is 0 Å². The molecule has 190 valence electrons. The van der Waals surface area contributed by atoms with Gasteiger partial charge in [0.2, 0.25) is 5.91 Å². The highest BCUT2D eigenvalue weighted by Crippen LogP contribution is 2.40. The average molecular weight is 537 g/mol. The molecule has 2 aromatic carbocycles. The molecule has 2 saturated heterocycles. The number of nitrogens with zero attached hydrogens (tertiary/aromatic N) is 3. The van der Waals surface area contributed by atoms with Crippen molar-refractivity contribution in [2.45, 2.75) is 46.1 Å². The van der Waals surface area contributed by atoms with Gasteiger partial charge in [0.05, 0.1) is 6.04 Å². The predicted molar refractivity (Wildman–Crippen MR) is 148 cm³/mol. The second kappa shape index (κ2) is 11.3. The number of amides is 1. The van der Waals surface area contributed by atoms with Crippen molar-refractivity contribution in [3.63, 3.8) is 0 Å². The zero-order chi connectivity index (χ0) is 25.2. The molecule has 1 amide bonds. The molecular formula is C28H36Cl3N3O. The normalized spacial score (nSPS) is 21.9. The maximum Gasteiger partial charge on any atom is 0.223 e. The number of hydrogen-bond donors (Lipinski definition) is 0. The molecule has 7 heteroatoms. The molecule has 2 fully saturated rings. The number of benzene rings is 2. The van der Waals surface area contributed by atoms with E-state index in [4.69, 9.17) is 34.8 Å². The molecule has 0 N–H and O–H groups in total. The molecule has 0 aliphatic carbocycles. The number of piperazine rings is 1. The summed E-state index contributed by atoms with van der Waals surface area (Å²) in [5.74, 6) is 0.830. The van der Waals surface area contributed by atoms with Crippen molar-refractivity contribution < 1.29 is 4.79 Å². The molecule has 0 spiro atoms. The van der Waals surface area contributed by atoms with Crippen LogP contribution in [0.25, 0.3) is 0 Å². The Morgan fingerprint density at radius 3 is 2.20 bits per heavy atom. The lowest BCUT2D eigenvalue weighted by Gasteiger charge is -2.44. The van der Waals surface area contributed by atoms with Crippen molar-refractivity contribution in [1.82, 2.24) is 9.80 Å². The first-order valence-corrected chi connectivity index (χ1v) is 13.7. The molecule has 4 rings (SSSR count). The second-order valence-electron chi connectivity index (χ2n) is 11.2. The Balaban J connectivity index is 1.42. The second-order valence-corrected chi connectivity index (χ2v) is 12.5. The maximum absolute atomic E-state index is 12.6. The Labute approximate surface area is 225 Å². The molecule has 0 radical (unpaired) electrons. The first kappa shape index (κ1) is 26.6. The van der Waals surface area contributed by atoms with Gasteiger partial charge in [-0.1, -0.05) is 61.6 Å². The number of rotatable bonds is 5. The van der Waals surface area contributed by atoms with Crippen LogP contribution in [0, 0.1) is 11.3 Å². The van der Waals surface area contributed by atoms with E-state index in [0.717, 1.165) is 73.4 Å². The molecule has 1 unspecified atom stereocenters. The van der Waals surface area contributed by atoms with E-state index in [1.54, 1.807) is 0 Å². The standard InChI is InChI=1S/C28H36Cl3N3O/c1-28(2,3)17-27(35)33-14-12-32(13-15-33)18-20-4-11-26(24-10-7-22(30)16-25(24)31)34(19-20)23-8-5-21(29)6-9-23/h5-10,16,20,26H,4,11-15,17-19H2,1-3H3/t20-,26?/m0/s1. The minimum Gasteiger partial charge on any atom is -0.364 e. The molecule has 0 bridgehead atoms. The zero-order valence-corrected chi connectivity index (χ0v) is 23.2. The number of anilines is 1. The predicted octanol–water partition coefficient (Wildman–Crippen LogP) is 7.18. The summed E-state index contributed by atoms with van der Waals surface area (Å²) >= 11 is 19.0. The highest BCUT2D eigenvalue weighted by atomic mass is 35.5. The van der Waals surface area contributed by atoms with E-state index in [2.05, 4.69) is 48.8 Å². The molecule has 4 nitrogen and oxygen atoms in total. The third-order valence-corrected chi connectivity index (χ3v) is 7.90. The molecule has 35 heavy (non-hydrogen) atoms. The zero-order valence-electron chi connectivity index (χ0n) is 20.9. The molecule has 2 heterocycles. The minimum absolute atomic E-state index is 0.0327. The van der Waals surface area contributed by atoms with Gasteiger partial charge in [-0.15, -0.1) is 0 Å². The maximum atomic E-state index is 12.6. The molecule has 0 aromatic heterocycles. The van der Waals surface area contributed by atoms with Crippen LogP contribution in [0.5, 0.6) is 0 Å². The van der Waals surface area contributed by atoms with Gasteiger partial charge in [-0.3, -0.25) is 9.69 Å². The van der Waals surface area contributed by atoms with Gasteiger partial charge >= 0.3 is 0 Å². The van der Waals surface area contributed by atoms with Gasteiger partial charge in [-0.05, 0) is 66.1 Å². The Kier molecular flexibility index (Phi) is 8.58. The van der Waals surface area contributed by atoms with Crippen LogP contribution in [0.3, 0.4) is 0 Å². The van der Waals surface area contributed by atoms with E-state index in [1.165, 1.54) is 0 Å². The Bertz CT molecular complexity index is 1010. The highest BCUT2D eigenvalue weighted by Gasteiger charge is 2.33. The minimum atomic E-state index is 0.0327. The molecule has 2 aliphatic rings. The Morgan fingerprint density at radius 1 is 0.914 bits per heavy atom. The Hall–Kier alpha value is -1.46. The van der Waals surface area contributed by atoms with Gasteiger partial charge in [-0.25, -0.2) is 0 Å². The summed E-state index contributed by atoms with van der Waals surface area (Å²) in [6, 6.07) is 14.1. The lowest BCUT2D eigenvalue weighted by Crippen LogP contribution is -2.51. The van der Waals surface area contributed by atoms with Crippen molar-refractivity contribution in [2.75, 3.05) is 44.2 Å². The summed E-state index contributed by atoms with van der Waals surface area (Å²) in [5.41, 5.74) is 2.31. The number of piperidine rings is 1. The summed E-state index contributed by atoms with van der Waals surface area (Å²) in [6.07, 6.45) is 2.77. The van der Waals surface area contributed by atoms with E-state index in [1.807, 2.05) is 29.2 Å². The van der Waals surface area contributed by atoms with Crippen LogP contribution in [0.1, 0.15) is 51.6 Å². The lowest BCUT2D eigenvalue weighted by molar-refractivity contribution is -0.134. The van der Waals surface area contributed by atoms with Crippen molar-refractivity contribution in [2.24, 2.45) is 11.3 Å². The quantitative estimate of drug-likeness (QED) is 0.405. The van der Waals surface area contributed by atoms with E-state index in [-0.39, 0.29) is 17.4 Å². The topological polar surface area (TPSA) is 26.8 Å². The van der Waals surface area contributed by atoms with Crippen molar-refractivity contribution in [3.05, 3.63) is 63.1 Å². The van der Waals surface area contributed by atoms with Crippen molar-refractivity contribution in [3.8, 4) is 0 Å². The van der Waals surface area contributed by atoms with Gasteiger partial charge < -0.3 is 9.80 Å². The smallest absolute Gasteiger partial charge is 0.223 e. The fraction of sp³-hybridized carbons (Fsp3) is 0.536. The summed E-state index contributed by atoms with van der Waals surface area (Å²) in [4.78, 5) is 19.7. The third kappa shape index (κ3) is 7.07. The number of halogens is 3. The number of hydrogen-bond acceptors (Lipinski definition) is 3. The first-order chi connectivity index (χ1) is 16.6. The summed E-state index contributed by atoms with van der Waals surface area (Å²) in [7, 11) is 0. The van der Waals surface area contributed by atoms with Crippen LogP contribution in [0.15, 0.2) is 42.5 Å². The molecule has 0 saturated carbocycles. The van der Waals surface area contributed by atoms with Crippen LogP contribution >= 0.6 is 34.8 Å². The van der Waals surface area contributed by atoms with Crippen LogP contribution in [0.2, 0.25) is 15.1 Å². The van der Waals surface area contributed by atoms with Crippen LogP contribution in [0.4, 0.5) is 5.69 Å². The first-order valence-electron chi connectivity index (χ1n) is 12.6. The molecule has 2 aliphatic heterocycles. The molecular weight excluding hydrogens is 501 g/mol. The summed E-state index contributed by atoms with van der Waals surface area (Å²) in [5, 5.41) is 2.11. The molecule has 2 atom stereocenters. The van der Waals surface area contributed by atoms with Crippen LogP contribution < -0.4 is 4.90 Å². The highest BCUT2D eigenvalue weighted by molar-refractivity contribution is 6.35. The van der Waals surface area contributed by atoms with Crippen LogP contribution in [-0.2, 0) is 4.79 Å². The lowest BCUT2D eigenvalue weighted by atomic mass is 9.88. The van der Waals surface area contributed by atoms with E-state index in [0.29, 0.717) is 17.4 Å². The van der Waals surface area contributed by atoms with Gasteiger partial charge in [0.25, 0.3) is 0 Å². The fourth-order valence-electron chi connectivity index (χ4n) is 5.32. The van der Waals surface area contributed by atoms with E-state index < -0.39 is 0 Å². The summed E-state index contributed by atoms with van der Waals surface area (Å²) in [6.45, 7) is 11.9.